The van der Waals surface area contributed by atoms with Crippen LogP contribution < -0.4 is 10.1 Å². The lowest BCUT2D eigenvalue weighted by Crippen LogP contribution is -2.29. The zero-order valence-electron chi connectivity index (χ0n) is 10.2. The normalized spacial score (nSPS) is 18.7. The summed E-state index contributed by atoms with van der Waals surface area (Å²) < 4.78 is 11.2. The van der Waals surface area contributed by atoms with Crippen molar-refractivity contribution < 1.29 is 14.3 Å². The van der Waals surface area contributed by atoms with Gasteiger partial charge in [0.15, 0.2) is 0 Å². The second-order valence-corrected chi connectivity index (χ2v) is 5.14. The molecule has 1 unspecified atom stereocenters. The van der Waals surface area contributed by atoms with Crippen LogP contribution in [0.4, 0.5) is 0 Å². The number of benzene rings is 1. The van der Waals surface area contributed by atoms with Crippen LogP contribution in [-0.2, 0) is 4.74 Å². The molecule has 5 heteroatoms. The minimum absolute atomic E-state index is 0.0901. The van der Waals surface area contributed by atoms with Crippen LogP contribution in [0.15, 0.2) is 22.7 Å². The average molecular weight is 314 g/mol. The highest BCUT2D eigenvalue weighted by Gasteiger charge is 2.18. The minimum Gasteiger partial charge on any atom is -0.497 e. The SMILES string of the molecule is COc1ccc(Br)c(C(=O)NCC2CCOC2)c1. The van der Waals surface area contributed by atoms with E-state index in [2.05, 4.69) is 21.2 Å². The Hall–Kier alpha value is -1.07. The standard InChI is InChI=1S/C13H16BrNO3/c1-17-10-2-3-12(14)11(6-10)13(16)15-7-9-4-5-18-8-9/h2-3,6,9H,4-5,7-8H2,1H3,(H,15,16). The van der Waals surface area contributed by atoms with Gasteiger partial charge in [-0.05, 0) is 40.5 Å². The van der Waals surface area contributed by atoms with Gasteiger partial charge in [-0.15, -0.1) is 0 Å². The smallest absolute Gasteiger partial charge is 0.252 e. The summed E-state index contributed by atoms with van der Waals surface area (Å²) in [4.78, 5) is 12.1. The number of hydrogen-bond donors (Lipinski definition) is 1. The number of nitrogens with one attached hydrogen (secondary N) is 1. The van der Waals surface area contributed by atoms with Crippen LogP contribution in [0.3, 0.4) is 0 Å². The lowest BCUT2D eigenvalue weighted by molar-refractivity contribution is 0.0944. The third-order valence-corrected chi connectivity index (χ3v) is 3.68. The summed E-state index contributed by atoms with van der Waals surface area (Å²) in [6, 6.07) is 5.35. The third kappa shape index (κ3) is 3.23. The molecule has 0 saturated carbocycles. The molecule has 1 aromatic carbocycles. The van der Waals surface area contributed by atoms with Gasteiger partial charge in [-0.1, -0.05) is 0 Å². The van der Waals surface area contributed by atoms with Gasteiger partial charge in [-0.3, -0.25) is 4.79 Å². The first kappa shape index (κ1) is 13.4. The Morgan fingerprint density at radius 1 is 1.61 bits per heavy atom. The van der Waals surface area contributed by atoms with Crippen molar-refractivity contribution in [3.8, 4) is 5.75 Å². The summed E-state index contributed by atoms with van der Waals surface area (Å²) in [6.45, 7) is 2.19. The van der Waals surface area contributed by atoms with E-state index in [1.165, 1.54) is 0 Å². The van der Waals surface area contributed by atoms with Gasteiger partial charge in [-0.2, -0.15) is 0 Å². The van der Waals surface area contributed by atoms with E-state index < -0.39 is 0 Å². The molecule has 0 bridgehead atoms. The van der Waals surface area contributed by atoms with Crippen LogP contribution in [0, 0.1) is 5.92 Å². The molecule has 18 heavy (non-hydrogen) atoms. The van der Waals surface area contributed by atoms with Gasteiger partial charge >= 0.3 is 0 Å². The summed E-state index contributed by atoms with van der Waals surface area (Å²) in [5.41, 5.74) is 0.591. The summed E-state index contributed by atoms with van der Waals surface area (Å²) >= 11 is 3.37. The largest absolute Gasteiger partial charge is 0.497 e. The summed E-state index contributed by atoms with van der Waals surface area (Å²) in [6.07, 6.45) is 1.01. The lowest BCUT2D eigenvalue weighted by atomic mass is 10.1. The molecule has 4 nitrogen and oxygen atoms in total. The van der Waals surface area contributed by atoms with Crippen LogP contribution in [0.25, 0.3) is 0 Å². The zero-order chi connectivity index (χ0) is 13.0. The molecule has 1 aliphatic rings. The molecular weight excluding hydrogens is 298 g/mol. The Kier molecular flexibility index (Phi) is 4.60. The average Bonchev–Trinajstić information content (AvgIpc) is 2.89. The van der Waals surface area contributed by atoms with Crippen molar-refractivity contribution in [3.63, 3.8) is 0 Å². The Morgan fingerprint density at radius 3 is 3.11 bits per heavy atom. The van der Waals surface area contributed by atoms with Crippen molar-refractivity contribution in [2.24, 2.45) is 5.92 Å². The molecular formula is C13H16BrNO3. The second kappa shape index (κ2) is 6.20. The molecule has 1 fully saturated rings. The quantitative estimate of drug-likeness (QED) is 0.927. The number of halogens is 1. The fraction of sp³-hybridized carbons (Fsp3) is 0.462. The van der Waals surface area contributed by atoms with Crippen LogP contribution in [-0.4, -0.2) is 32.8 Å². The first-order chi connectivity index (χ1) is 8.70. The first-order valence-electron chi connectivity index (χ1n) is 5.90. The Bertz CT molecular complexity index is 430. The maximum absolute atomic E-state index is 12.1. The van der Waals surface area contributed by atoms with Crippen molar-refractivity contribution in [2.45, 2.75) is 6.42 Å². The molecule has 0 aromatic heterocycles. The summed E-state index contributed by atoms with van der Waals surface area (Å²) in [5, 5.41) is 2.93. The van der Waals surface area contributed by atoms with E-state index >= 15 is 0 Å². The van der Waals surface area contributed by atoms with E-state index in [0.717, 1.165) is 24.1 Å². The van der Waals surface area contributed by atoms with E-state index in [1.54, 1.807) is 13.2 Å². The number of hydrogen-bond acceptors (Lipinski definition) is 3. The molecule has 0 radical (unpaired) electrons. The van der Waals surface area contributed by atoms with E-state index in [1.807, 2.05) is 12.1 Å². The zero-order valence-corrected chi connectivity index (χ0v) is 11.8. The van der Waals surface area contributed by atoms with Gasteiger partial charge in [0.2, 0.25) is 0 Å². The molecule has 1 N–H and O–H groups in total. The first-order valence-corrected chi connectivity index (χ1v) is 6.69. The predicted octanol–water partition coefficient (Wildman–Crippen LogP) is 2.22. The molecule has 1 aliphatic heterocycles. The van der Waals surface area contributed by atoms with E-state index in [-0.39, 0.29) is 5.91 Å². The molecule has 0 spiro atoms. The molecule has 1 atom stereocenters. The maximum Gasteiger partial charge on any atom is 0.252 e. The van der Waals surface area contributed by atoms with Gasteiger partial charge in [0.25, 0.3) is 5.91 Å². The van der Waals surface area contributed by atoms with Crippen molar-refractivity contribution in [1.29, 1.82) is 0 Å². The van der Waals surface area contributed by atoms with E-state index in [4.69, 9.17) is 9.47 Å². The monoisotopic (exact) mass is 313 g/mol. The van der Waals surface area contributed by atoms with Gasteiger partial charge in [-0.25, -0.2) is 0 Å². The van der Waals surface area contributed by atoms with Crippen molar-refractivity contribution >= 4 is 21.8 Å². The molecule has 0 aliphatic carbocycles. The van der Waals surface area contributed by atoms with E-state index in [0.29, 0.717) is 23.8 Å². The summed E-state index contributed by atoms with van der Waals surface area (Å²) in [5.74, 6) is 1.01. The maximum atomic E-state index is 12.1. The third-order valence-electron chi connectivity index (χ3n) is 2.99. The summed E-state index contributed by atoms with van der Waals surface area (Å²) in [7, 11) is 1.58. The van der Waals surface area contributed by atoms with Gasteiger partial charge < -0.3 is 14.8 Å². The number of carbonyl (C=O) groups excluding carboxylic acids is 1. The number of ether oxygens (including phenoxy) is 2. The molecule has 98 valence electrons. The highest BCUT2D eigenvalue weighted by molar-refractivity contribution is 9.10. The van der Waals surface area contributed by atoms with Crippen molar-refractivity contribution in [2.75, 3.05) is 26.9 Å². The fourth-order valence-electron chi connectivity index (χ4n) is 1.88. The number of amides is 1. The molecule has 1 saturated heterocycles. The van der Waals surface area contributed by atoms with Crippen molar-refractivity contribution in [1.82, 2.24) is 5.32 Å². The van der Waals surface area contributed by atoms with Crippen LogP contribution >= 0.6 is 15.9 Å². The predicted molar refractivity (Wildman–Crippen MR) is 72.0 cm³/mol. The second-order valence-electron chi connectivity index (χ2n) is 4.29. The van der Waals surface area contributed by atoms with Gasteiger partial charge in [0.05, 0.1) is 19.3 Å². The lowest BCUT2D eigenvalue weighted by Gasteiger charge is -2.11. The molecule has 2 rings (SSSR count). The topological polar surface area (TPSA) is 47.6 Å². The molecule has 1 heterocycles. The van der Waals surface area contributed by atoms with Crippen LogP contribution in [0.5, 0.6) is 5.75 Å². The van der Waals surface area contributed by atoms with Gasteiger partial charge in [0, 0.05) is 23.5 Å². The fourth-order valence-corrected chi connectivity index (χ4v) is 2.31. The van der Waals surface area contributed by atoms with Crippen LogP contribution in [0.2, 0.25) is 0 Å². The highest BCUT2D eigenvalue weighted by Crippen LogP contribution is 2.22. The highest BCUT2D eigenvalue weighted by atomic mass is 79.9. The van der Waals surface area contributed by atoms with Gasteiger partial charge in [0.1, 0.15) is 5.75 Å². The van der Waals surface area contributed by atoms with Crippen molar-refractivity contribution in [3.05, 3.63) is 28.2 Å². The number of rotatable bonds is 4. The number of carbonyl (C=O) groups is 1. The van der Waals surface area contributed by atoms with Crippen LogP contribution in [0.1, 0.15) is 16.8 Å². The molecule has 1 amide bonds. The Balaban J connectivity index is 1.98. The Morgan fingerprint density at radius 2 is 2.44 bits per heavy atom. The molecule has 1 aromatic rings. The van der Waals surface area contributed by atoms with E-state index in [9.17, 15) is 4.79 Å². The minimum atomic E-state index is -0.0901. The Labute approximate surface area is 115 Å². The number of methoxy groups -OCH3 is 1.